The summed E-state index contributed by atoms with van der Waals surface area (Å²) in [5.74, 6) is 0.263. The zero-order valence-electron chi connectivity index (χ0n) is 12.2. The predicted octanol–water partition coefficient (Wildman–Crippen LogP) is 2.00. The number of carbonyl (C=O) groups is 2. The second-order valence-corrected chi connectivity index (χ2v) is 4.80. The summed E-state index contributed by atoms with van der Waals surface area (Å²) in [4.78, 5) is 23.0. The third-order valence-corrected chi connectivity index (χ3v) is 2.31. The molecular weight excluding hydrogens is 274 g/mol. The fourth-order valence-electron chi connectivity index (χ4n) is 1.42. The summed E-state index contributed by atoms with van der Waals surface area (Å²) < 4.78 is 5.00. The van der Waals surface area contributed by atoms with E-state index in [1.165, 1.54) is 0 Å². The van der Waals surface area contributed by atoms with Gasteiger partial charge in [-0.15, -0.1) is 0 Å². The molecule has 0 aliphatic carbocycles. The number of urea groups is 1. The molecule has 1 rings (SSSR count). The Morgan fingerprint density at radius 3 is 2.52 bits per heavy atom. The first-order valence-corrected chi connectivity index (χ1v) is 6.71. The Morgan fingerprint density at radius 2 is 1.90 bits per heavy atom. The van der Waals surface area contributed by atoms with Crippen molar-refractivity contribution in [2.24, 2.45) is 5.92 Å². The number of amides is 3. The summed E-state index contributed by atoms with van der Waals surface area (Å²) in [6, 6.07) is 6.24. The molecule has 0 aliphatic rings. The highest BCUT2D eigenvalue weighted by molar-refractivity contribution is 5.91. The molecule has 21 heavy (non-hydrogen) atoms. The van der Waals surface area contributed by atoms with Crippen LogP contribution >= 0.6 is 0 Å². The minimum Gasteiger partial charge on any atom is -0.449 e. The Balaban J connectivity index is 2.52. The Kier molecular flexibility index (Phi) is 7.03. The first-order chi connectivity index (χ1) is 10.0. The van der Waals surface area contributed by atoms with Gasteiger partial charge in [0, 0.05) is 17.9 Å². The number of hydrogen-bond donors (Lipinski definition) is 4. The van der Waals surface area contributed by atoms with E-state index in [0.717, 1.165) is 0 Å². The van der Waals surface area contributed by atoms with Gasteiger partial charge in [-0.3, -0.25) is 5.32 Å². The van der Waals surface area contributed by atoms with E-state index in [4.69, 9.17) is 9.84 Å². The normalized spacial score (nSPS) is 10.1. The van der Waals surface area contributed by atoms with Crippen LogP contribution in [0, 0.1) is 5.92 Å². The molecule has 1 aromatic carbocycles. The summed E-state index contributed by atoms with van der Waals surface area (Å²) >= 11 is 0. The molecule has 7 nitrogen and oxygen atoms in total. The minimum absolute atomic E-state index is 0.128. The summed E-state index contributed by atoms with van der Waals surface area (Å²) in [7, 11) is 0. The topological polar surface area (TPSA) is 99.7 Å². The van der Waals surface area contributed by atoms with E-state index in [1.807, 2.05) is 13.8 Å². The Bertz CT molecular complexity index is 477. The smallest absolute Gasteiger partial charge is 0.411 e. The zero-order chi connectivity index (χ0) is 15.7. The van der Waals surface area contributed by atoms with E-state index >= 15 is 0 Å². The molecule has 116 valence electrons. The second kappa shape index (κ2) is 8.80. The molecule has 0 aliphatic heterocycles. The van der Waals surface area contributed by atoms with Gasteiger partial charge >= 0.3 is 12.1 Å². The SMILES string of the molecule is CC(C)COC(=O)Nc1cccc(NC(=O)NCCO)c1. The van der Waals surface area contributed by atoms with Gasteiger partial charge in [0.05, 0.1) is 13.2 Å². The van der Waals surface area contributed by atoms with E-state index in [2.05, 4.69) is 16.0 Å². The molecule has 0 saturated carbocycles. The van der Waals surface area contributed by atoms with Crippen molar-refractivity contribution in [1.29, 1.82) is 0 Å². The van der Waals surface area contributed by atoms with Crippen molar-refractivity contribution in [3.63, 3.8) is 0 Å². The number of hydrogen-bond acceptors (Lipinski definition) is 4. The largest absolute Gasteiger partial charge is 0.449 e. The van der Waals surface area contributed by atoms with Crippen LogP contribution < -0.4 is 16.0 Å². The molecule has 0 spiro atoms. The van der Waals surface area contributed by atoms with Crippen molar-refractivity contribution in [1.82, 2.24) is 5.32 Å². The van der Waals surface area contributed by atoms with Crippen molar-refractivity contribution in [2.45, 2.75) is 13.8 Å². The van der Waals surface area contributed by atoms with Crippen LogP contribution in [0.4, 0.5) is 21.0 Å². The van der Waals surface area contributed by atoms with Crippen LogP contribution in [-0.2, 0) is 4.74 Å². The lowest BCUT2D eigenvalue weighted by atomic mass is 10.2. The van der Waals surface area contributed by atoms with Crippen LogP contribution in [-0.4, -0.2) is 37.0 Å². The third-order valence-electron chi connectivity index (χ3n) is 2.31. The molecule has 0 heterocycles. The van der Waals surface area contributed by atoms with Crippen molar-refractivity contribution in [3.8, 4) is 0 Å². The third kappa shape index (κ3) is 7.17. The number of ether oxygens (including phenoxy) is 1. The van der Waals surface area contributed by atoms with Crippen molar-refractivity contribution < 1.29 is 19.4 Å². The summed E-state index contributed by atoms with van der Waals surface area (Å²) in [5, 5.41) is 16.2. The van der Waals surface area contributed by atoms with Gasteiger partial charge in [0.2, 0.25) is 0 Å². The van der Waals surface area contributed by atoms with Crippen LogP contribution in [0.3, 0.4) is 0 Å². The Labute approximate surface area is 123 Å². The van der Waals surface area contributed by atoms with Gasteiger partial charge in [-0.25, -0.2) is 9.59 Å². The molecule has 0 bridgehead atoms. The number of carbonyl (C=O) groups excluding carboxylic acids is 2. The number of aliphatic hydroxyl groups excluding tert-OH is 1. The minimum atomic E-state index is -0.536. The quantitative estimate of drug-likeness (QED) is 0.645. The number of nitrogens with one attached hydrogen (secondary N) is 3. The first kappa shape index (κ1) is 16.8. The Hall–Kier alpha value is -2.28. The first-order valence-electron chi connectivity index (χ1n) is 6.71. The van der Waals surface area contributed by atoms with E-state index in [0.29, 0.717) is 18.0 Å². The van der Waals surface area contributed by atoms with E-state index in [-0.39, 0.29) is 19.1 Å². The lowest BCUT2D eigenvalue weighted by Gasteiger charge is -2.10. The number of aliphatic hydroxyl groups is 1. The van der Waals surface area contributed by atoms with Crippen molar-refractivity contribution in [3.05, 3.63) is 24.3 Å². The molecule has 0 unspecified atom stereocenters. The van der Waals surface area contributed by atoms with Crippen LogP contribution in [0.2, 0.25) is 0 Å². The van der Waals surface area contributed by atoms with Crippen LogP contribution in [0.15, 0.2) is 24.3 Å². The van der Waals surface area contributed by atoms with Gasteiger partial charge in [0.1, 0.15) is 0 Å². The van der Waals surface area contributed by atoms with Gasteiger partial charge < -0.3 is 20.5 Å². The molecule has 0 radical (unpaired) electrons. The fourth-order valence-corrected chi connectivity index (χ4v) is 1.42. The maximum Gasteiger partial charge on any atom is 0.411 e. The van der Waals surface area contributed by atoms with Crippen molar-refractivity contribution >= 4 is 23.5 Å². The second-order valence-electron chi connectivity index (χ2n) is 4.80. The summed E-state index contributed by atoms with van der Waals surface area (Å²) in [6.07, 6.45) is -0.536. The average molecular weight is 295 g/mol. The van der Waals surface area contributed by atoms with E-state index < -0.39 is 12.1 Å². The highest BCUT2D eigenvalue weighted by Gasteiger charge is 2.06. The summed E-state index contributed by atoms with van der Waals surface area (Å²) in [5.41, 5.74) is 1.04. The molecule has 4 N–H and O–H groups in total. The lowest BCUT2D eigenvalue weighted by molar-refractivity contribution is 0.147. The molecule has 0 atom stereocenters. The highest BCUT2D eigenvalue weighted by atomic mass is 16.5. The van der Waals surface area contributed by atoms with Crippen LogP contribution in [0.5, 0.6) is 0 Å². The van der Waals surface area contributed by atoms with Gasteiger partial charge in [0.15, 0.2) is 0 Å². The number of rotatable bonds is 6. The predicted molar refractivity (Wildman–Crippen MR) is 80.4 cm³/mol. The highest BCUT2D eigenvalue weighted by Crippen LogP contribution is 2.15. The van der Waals surface area contributed by atoms with Crippen molar-refractivity contribution in [2.75, 3.05) is 30.4 Å². The average Bonchev–Trinajstić information content (AvgIpc) is 2.43. The zero-order valence-corrected chi connectivity index (χ0v) is 12.2. The molecule has 3 amide bonds. The van der Waals surface area contributed by atoms with Crippen LogP contribution in [0.1, 0.15) is 13.8 Å². The van der Waals surface area contributed by atoms with E-state index in [1.54, 1.807) is 24.3 Å². The molecule has 0 aromatic heterocycles. The molecule has 0 saturated heterocycles. The molecule has 1 aromatic rings. The monoisotopic (exact) mass is 295 g/mol. The number of benzene rings is 1. The molecule has 7 heteroatoms. The van der Waals surface area contributed by atoms with Gasteiger partial charge in [0.25, 0.3) is 0 Å². The van der Waals surface area contributed by atoms with Gasteiger partial charge in [-0.2, -0.15) is 0 Å². The molecular formula is C14H21N3O4. The fraction of sp³-hybridized carbons (Fsp3) is 0.429. The summed E-state index contributed by atoms with van der Waals surface area (Å²) in [6.45, 7) is 4.28. The molecule has 0 fully saturated rings. The van der Waals surface area contributed by atoms with Gasteiger partial charge in [-0.1, -0.05) is 19.9 Å². The van der Waals surface area contributed by atoms with Gasteiger partial charge in [-0.05, 0) is 24.1 Å². The standard InChI is InChI=1S/C14H21N3O4/c1-10(2)9-21-14(20)17-12-5-3-4-11(8-12)16-13(19)15-6-7-18/h3-5,8,10,18H,6-7,9H2,1-2H3,(H,17,20)(H2,15,16,19). The number of anilines is 2. The Morgan fingerprint density at radius 1 is 1.24 bits per heavy atom. The van der Waals surface area contributed by atoms with Crippen LogP contribution in [0.25, 0.3) is 0 Å². The maximum absolute atomic E-state index is 11.5. The van der Waals surface area contributed by atoms with E-state index in [9.17, 15) is 9.59 Å². The maximum atomic E-state index is 11.5. The lowest BCUT2D eigenvalue weighted by Crippen LogP contribution is -2.30.